The van der Waals surface area contributed by atoms with Gasteiger partial charge >= 0.3 is 15.9 Å². The Morgan fingerprint density at radius 2 is 1.80 bits per heavy atom. The molecule has 0 spiro atoms. The highest BCUT2D eigenvalue weighted by Crippen LogP contribution is 2.25. The van der Waals surface area contributed by atoms with Crippen molar-refractivity contribution in [3.8, 4) is 11.5 Å². The standard InChI is InChI=1S/C10H9NO.C6H6O.Al/c1-7-5-8-3-2-4-11-10(8)9(12)6-7;7-6-4-2-1-3-5-6;/h2-6,12H,1H3;1-5,7H;/q;;+2/p-2. The fraction of sp³-hybridized carbons (Fsp3) is 0.0625. The topological polar surface area (TPSA) is 31.4 Å². The third-order valence-corrected chi connectivity index (χ3v) is 3.64. The maximum atomic E-state index is 5.80. The van der Waals surface area contributed by atoms with Gasteiger partial charge in [0.25, 0.3) is 0 Å². The second-order valence-corrected chi connectivity index (χ2v) is 5.15. The van der Waals surface area contributed by atoms with E-state index in [9.17, 15) is 0 Å². The minimum atomic E-state index is -0.611. The maximum Gasteiger partial charge on any atom is 0.881 e. The highest BCUT2D eigenvalue weighted by atomic mass is 27.2. The van der Waals surface area contributed by atoms with Crippen LogP contribution >= 0.6 is 0 Å². The Hall–Kier alpha value is -2.02. The number of fused-ring (bicyclic) bond motifs is 1. The van der Waals surface area contributed by atoms with Crippen LogP contribution in [0.3, 0.4) is 0 Å². The van der Waals surface area contributed by atoms with Gasteiger partial charge in [-0.2, -0.15) is 0 Å². The van der Waals surface area contributed by atoms with Crippen LogP contribution in [0.5, 0.6) is 11.5 Å². The van der Waals surface area contributed by atoms with E-state index in [-0.39, 0.29) is 0 Å². The zero-order chi connectivity index (χ0) is 13.8. The molecule has 1 aromatic heterocycles. The fourth-order valence-corrected chi connectivity index (χ4v) is 2.62. The molecule has 0 saturated carbocycles. The molecule has 0 amide bonds. The molecule has 2 aromatic carbocycles. The largest absolute Gasteiger partial charge is 0.881 e. The predicted octanol–water partition coefficient (Wildman–Crippen LogP) is 3.54. The van der Waals surface area contributed by atoms with Crippen molar-refractivity contribution in [2.45, 2.75) is 6.92 Å². The van der Waals surface area contributed by atoms with E-state index in [1.165, 1.54) is 0 Å². The van der Waals surface area contributed by atoms with Crippen molar-refractivity contribution in [2.24, 2.45) is 0 Å². The van der Waals surface area contributed by atoms with E-state index < -0.39 is 15.9 Å². The van der Waals surface area contributed by atoms with Crippen LogP contribution in [0.1, 0.15) is 5.56 Å². The molecule has 0 unspecified atom stereocenters. The highest BCUT2D eigenvalue weighted by Gasteiger charge is 2.09. The van der Waals surface area contributed by atoms with Crippen molar-refractivity contribution in [1.82, 2.24) is 4.98 Å². The average molecular weight is 278 g/mol. The molecule has 0 fully saturated rings. The number of aryl methyl sites for hydroxylation is 1. The smallest absolute Gasteiger partial charge is 0.616 e. The van der Waals surface area contributed by atoms with E-state index in [2.05, 4.69) is 11.1 Å². The molecule has 0 saturated heterocycles. The predicted molar refractivity (Wildman–Crippen MR) is 79.9 cm³/mol. The number of rotatable bonds is 4. The minimum Gasteiger partial charge on any atom is -0.616 e. The molecule has 0 aliphatic heterocycles. The summed E-state index contributed by atoms with van der Waals surface area (Å²) in [5, 5.41) is 1.08. The molecule has 0 aliphatic carbocycles. The lowest BCUT2D eigenvalue weighted by atomic mass is 10.1. The molecule has 0 N–H and O–H groups in total. The molecule has 0 atom stereocenters. The summed E-state index contributed by atoms with van der Waals surface area (Å²) < 4.78 is 11.4. The molecule has 20 heavy (non-hydrogen) atoms. The van der Waals surface area contributed by atoms with E-state index in [1.54, 1.807) is 6.20 Å². The number of hydrogen-bond acceptors (Lipinski definition) is 3. The first-order valence-electron chi connectivity index (χ1n) is 6.38. The zero-order valence-electron chi connectivity index (χ0n) is 11.1. The van der Waals surface area contributed by atoms with Crippen molar-refractivity contribution in [3.63, 3.8) is 0 Å². The molecular weight excluding hydrogens is 265 g/mol. The quantitative estimate of drug-likeness (QED) is 0.684. The van der Waals surface area contributed by atoms with Gasteiger partial charge in [-0.05, 0) is 42.8 Å². The lowest BCUT2D eigenvalue weighted by Crippen LogP contribution is -2.11. The van der Waals surface area contributed by atoms with Crippen molar-refractivity contribution in [2.75, 3.05) is 0 Å². The molecule has 1 heterocycles. The molecule has 1 radical (unpaired) electrons. The summed E-state index contributed by atoms with van der Waals surface area (Å²) in [6.07, 6.45) is 1.78. The third-order valence-electron chi connectivity index (χ3n) is 2.92. The molecular formula is C16H13AlNO2. The number of hydrogen-bond donors (Lipinski definition) is 0. The van der Waals surface area contributed by atoms with Crippen molar-refractivity contribution >= 4 is 26.8 Å². The molecule has 0 bridgehead atoms. The van der Waals surface area contributed by atoms with Gasteiger partial charge in [-0.3, -0.25) is 4.98 Å². The van der Waals surface area contributed by atoms with Gasteiger partial charge in [0, 0.05) is 11.6 Å². The van der Waals surface area contributed by atoms with E-state index in [4.69, 9.17) is 7.58 Å². The number of pyridine rings is 1. The number of benzene rings is 2. The Morgan fingerprint density at radius 3 is 2.65 bits per heavy atom. The molecule has 3 nitrogen and oxygen atoms in total. The van der Waals surface area contributed by atoms with Gasteiger partial charge in [0.1, 0.15) is 11.3 Å². The van der Waals surface area contributed by atoms with Crippen LogP contribution in [0.4, 0.5) is 0 Å². The van der Waals surface area contributed by atoms with Crippen LogP contribution in [0.15, 0.2) is 60.8 Å². The van der Waals surface area contributed by atoms with Crippen molar-refractivity contribution < 1.29 is 7.58 Å². The number of aromatic nitrogens is 1. The summed E-state index contributed by atoms with van der Waals surface area (Å²) in [5.41, 5.74) is 2.03. The van der Waals surface area contributed by atoms with Gasteiger partial charge in [-0.25, -0.2) is 0 Å². The van der Waals surface area contributed by atoms with Gasteiger partial charge < -0.3 is 7.58 Å². The van der Waals surface area contributed by atoms with Crippen LogP contribution < -0.4 is 7.58 Å². The summed E-state index contributed by atoms with van der Waals surface area (Å²) in [5.74, 6) is 1.61. The lowest BCUT2D eigenvalue weighted by Gasteiger charge is -2.11. The summed E-state index contributed by atoms with van der Waals surface area (Å²) >= 11 is -0.611. The summed E-state index contributed by atoms with van der Waals surface area (Å²) in [6.45, 7) is 2.05. The van der Waals surface area contributed by atoms with Crippen LogP contribution in [-0.2, 0) is 0 Å². The maximum absolute atomic E-state index is 5.80. The van der Waals surface area contributed by atoms with Gasteiger partial charge in [0.15, 0.2) is 0 Å². The second kappa shape index (κ2) is 5.96. The van der Waals surface area contributed by atoms with Crippen LogP contribution in [0, 0.1) is 6.92 Å². The minimum absolute atomic E-state index is 0.611. The Morgan fingerprint density at radius 1 is 0.950 bits per heavy atom. The molecule has 4 heteroatoms. The normalized spacial score (nSPS) is 10.2. The lowest BCUT2D eigenvalue weighted by molar-refractivity contribution is 0.461. The van der Waals surface area contributed by atoms with Gasteiger partial charge in [0.2, 0.25) is 0 Å². The second-order valence-electron chi connectivity index (χ2n) is 4.48. The monoisotopic (exact) mass is 278 g/mol. The van der Waals surface area contributed by atoms with E-state index in [1.807, 2.05) is 55.5 Å². The van der Waals surface area contributed by atoms with E-state index in [0.717, 1.165) is 28.0 Å². The SMILES string of the molecule is Cc1cc([O][Al][O]c2ccccc2)c2ncccc2c1. The fourth-order valence-electron chi connectivity index (χ4n) is 2.02. The number of nitrogens with zero attached hydrogens (tertiary/aromatic N) is 1. The number of para-hydroxylation sites is 1. The zero-order valence-corrected chi connectivity index (χ0v) is 12.3. The van der Waals surface area contributed by atoms with Crippen molar-refractivity contribution in [1.29, 1.82) is 0 Å². The molecule has 3 rings (SSSR count). The summed E-state index contributed by atoms with van der Waals surface area (Å²) in [7, 11) is 0. The Bertz CT molecular complexity index is 716. The van der Waals surface area contributed by atoms with Crippen LogP contribution in [0.25, 0.3) is 10.9 Å². The first-order chi connectivity index (χ1) is 9.83. The third kappa shape index (κ3) is 2.93. The van der Waals surface area contributed by atoms with Crippen LogP contribution in [-0.4, -0.2) is 20.9 Å². The first kappa shape index (κ1) is 13.0. The Kier molecular flexibility index (Phi) is 3.87. The van der Waals surface area contributed by atoms with Gasteiger partial charge in [-0.1, -0.05) is 24.3 Å². The highest BCUT2D eigenvalue weighted by molar-refractivity contribution is 6.21. The van der Waals surface area contributed by atoms with E-state index >= 15 is 0 Å². The summed E-state index contributed by atoms with van der Waals surface area (Å²) in [4.78, 5) is 4.38. The Labute approximate surface area is 124 Å². The Balaban J connectivity index is 1.77. The molecule has 3 aromatic rings. The van der Waals surface area contributed by atoms with Crippen molar-refractivity contribution in [3.05, 3.63) is 66.4 Å². The van der Waals surface area contributed by atoms with Gasteiger partial charge in [-0.15, -0.1) is 0 Å². The molecule has 97 valence electrons. The summed E-state index contributed by atoms with van der Waals surface area (Å²) in [6, 6.07) is 17.7. The van der Waals surface area contributed by atoms with Crippen LogP contribution in [0.2, 0.25) is 0 Å². The van der Waals surface area contributed by atoms with E-state index in [0.29, 0.717) is 0 Å². The molecule has 0 aliphatic rings. The average Bonchev–Trinajstić information content (AvgIpc) is 2.48. The first-order valence-corrected chi connectivity index (χ1v) is 7.32. The van der Waals surface area contributed by atoms with Gasteiger partial charge in [0.05, 0.1) is 5.75 Å².